The monoisotopic (exact) mass is 281 g/mol. The van der Waals surface area contributed by atoms with Crippen LogP contribution in [0.4, 0.5) is 4.79 Å². The number of nitrogens with zero attached hydrogens (tertiary/aromatic N) is 1. The third-order valence-electron chi connectivity index (χ3n) is 3.78. The SMILES string of the molecule is O=C1NC(=O)C2(CCN(C(=O)C3=COCCO3)CC2)N1. The number of urea groups is 1. The number of piperidine rings is 1. The highest BCUT2D eigenvalue weighted by Gasteiger charge is 2.48. The maximum atomic E-state index is 12.2. The molecule has 0 radical (unpaired) electrons. The van der Waals surface area contributed by atoms with Crippen molar-refractivity contribution in [3.05, 3.63) is 12.0 Å². The zero-order chi connectivity index (χ0) is 14.2. The third-order valence-corrected chi connectivity index (χ3v) is 3.78. The molecule has 108 valence electrons. The first-order valence-electron chi connectivity index (χ1n) is 6.48. The molecule has 0 saturated carbocycles. The molecule has 3 heterocycles. The maximum Gasteiger partial charge on any atom is 0.322 e. The van der Waals surface area contributed by atoms with Crippen molar-refractivity contribution in [1.82, 2.24) is 15.5 Å². The van der Waals surface area contributed by atoms with E-state index < -0.39 is 11.6 Å². The zero-order valence-electron chi connectivity index (χ0n) is 10.8. The lowest BCUT2D eigenvalue weighted by Gasteiger charge is -2.37. The Morgan fingerprint density at radius 3 is 2.55 bits per heavy atom. The second kappa shape index (κ2) is 4.69. The Morgan fingerprint density at radius 2 is 2.00 bits per heavy atom. The average Bonchev–Trinajstić information content (AvgIpc) is 2.74. The summed E-state index contributed by atoms with van der Waals surface area (Å²) >= 11 is 0. The molecular formula is C12H15N3O5. The Hall–Kier alpha value is -2.25. The van der Waals surface area contributed by atoms with Crippen molar-refractivity contribution in [1.29, 1.82) is 0 Å². The molecule has 20 heavy (non-hydrogen) atoms. The van der Waals surface area contributed by atoms with Gasteiger partial charge in [0.25, 0.3) is 11.8 Å². The van der Waals surface area contributed by atoms with Crippen LogP contribution in [0.1, 0.15) is 12.8 Å². The Balaban J connectivity index is 1.64. The fourth-order valence-corrected chi connectivity index (χ4v) is 2.61. The van der Waals surface area contributed by atoms with E-state index in [1.807, 2.05) is 0 Å². The summed E-state index contributed by atoms with van der Waals surface area (Å²) in [4.78, 5) is 36.8. The fraction of sp³-hybridized carbons (Fsp3) is 0.583. The number of hydrogen-bond donors (Lipinski definition) is 2. The fourth-order valence-electron chi connectivity index (χ4n) is 2.61. The zero-order valence-corrected chi connectivity index (χ0v) is 10.8. The molecule has 0 aromatic carbocycles. The molecule has 3 rings (SSSR count). The van der Waals surface area contributed by atoms with Gasteiger partial charge in [-0.25, -0.2) is 4.79 Å². The average molecular weight is 281 g/mol. The number of amides is 4. The lowest BCUT2D eigenvalue weighted by atomic mass is 9.87. The predicted molar refractivity (Wildman–Crippen MR) is 65.2 cm³/mol. The lowest BCUT2D eigenvalue weighted by molar-refractivity contribution is -0.136. The van der Waals surface area contributed by atoms with Crippen LogP contribution in [-0.2, 0) is 19.1 Å². The molecule has 2 fully saturated rings. The first-order valence-corrected chi connectivity index (χ1v) is 6.48. The maximum absolute atomic E-state index is 12.2. The molecule has 0 unspecified atom stereocenters. The lowest BCUT2D eigenvalue weighted by Crippen LogP contribution is -2.56. The molecule has 0 aliphatic carbocycles. The Bertz CT molecular complexity index is 493. The van der Waals surface area contributed by atoms with E-state index in [-0.39, 0.29) is 17.6 Å². The van der Waals surface area contributed by atoms with Gasteiger partial charge in [-0.3, -0.25) is 14.9 Å². The summed E-state index contributed by atoms with van der Waals surface area (Å²) in [5.74, 6) is -0.373. The minimum absolute atomic E-state index is 0.187. The molecule has 4 amide bonds. The van der Waals surface area contributed by atoms with Crippen LogP contribution in [0, 0.1) is 0 Å². The summed E-state index contributed by atoms with van der Waals surface area (Å²) in [6.07, 6.45) is 2.11. The molecule has 2 N–H and O–H groups in total. The highest BCUT2D eigenvalue weighted by molar-refractivity contribution is 6.07. The van der Waals surface area contributed by atoms with E-state index in [0.29, 0.717) is 39.1 Å². The van der Waals surface area contributed by atoms with Crippen molar-refractivity contribution in [3.8, 4) is 0 Å². The van der Waals surface area contributed by atoms with Crippen molar-refractivity contribution in [2.45, 2.75) is 18.4 Å². The molecule has 0 atom stereocenters. The van der Waals surface area contributed by atoms with Gasteiger partial charge in [-0.15, -0.1) is 0 Å². The Kier molecular flexibility index (Phi) is 3.00. The van der Waals surface area contributed by atoms with E-state index in [1.165, 1.54) is 6.26 Å². The molecule has 1 spiro atoms. The van der Waals surface area contributed by atoms with Gasteiger partial charge in [-0.1, -0.05) is 0 Å². The van der Waals surface area contributed by atoms with Gasteiger partial charge in [0.05, 0.1) is 0 Å². The van der Waals surface area contributed by atoms with E-state index in [4.69, 9.17) is 9.47 Å². The highest BCUT2D eigenvalue weighted by Crippen LogP contribution is 2.26. The summed E-state index contributed by atoms with van der Waals surface area (Å²) in [7, 11) is 0. The largest absolute Gasteiger partial charge is 0.494 e. The molecule has 3 aliphatic rings. The Morgan fingerprint density at radius 1 is 1.25 bits per heavy atom. The molecular weight excluding hydrogens is 266 g/mol. The van der Waals surface area contributed by atoms with E-state index in [2.05, 4.69) is 10.6 Å². The van der Waals surface area contributed by atoms with Gasteiger partial charge in [0, 0.05) is 13.1 Å². The van der Waals surface area contributed by atoms with E-state index in [0.717, 1.165) is 0 Å². The van der Waals surface area contributed by atoms with Crippen LogP contribution in [0.3, 0.4) is 0 Å². The minimum Gasteiger partial charge on any atom is -0.494 e. The number of carbonyl (C=O) groups is 3. The van der Waals surface area contributed by atoms with Crippen molar-refractivity contribution in [3.63, 3.8) is 0 Å². The second-order valence-electron chi connectivity index (χ2n) is 4.98. The summed E-state index contributed by atoms with van der Waals surface area (Å²) in [6.45, 7) is 1.56. The number of hydrogen-bond acceptors (Lipinski definition) is 5. The van der Waals surface area contributed by atoms with Crippen molar-refractivity contribution in [2.24, 2.45) is 0 Å². The van der Waals surface area contributed by atoms with Gasteiger partial charge in [0.2, 0.25) is 5.76 Å². The molecule has 0 aromatic heterocycles. The van der Waals surface area contributed by atoms with Gasteiger partial charge < -0.3 is 19.7 Å². The second-order valence-corrected chi connectivity index (χ2v) is 4.98. The van der Waals surface area contributed by atoms with Crippen LogP contribution in [0.2, 0.25) is 0 Å². The van der Waals surface area contributed by atoms with Gasteiger partial charge in [-0.2, -0.15) is 0 Å². The number of imide groups is 1. The van der Waals surface area contributed by atoms with E-state index >= 15 is 0 Å². The molecule has 0 bridgehead atoms. The van der Waals surface area contributed by atoms with Crippen LogP contribution in [0.15, 0.2) is 12.0 Å². The van der Waals surface area contributed by atoms with Crippen LogP contribution in [-0.4, -0.2) is 54.6 Å². The van der Waals surface area contributed by atoms with Crippen molar-refractivity contribution >= 4 is 17.8 Å². The van der Waals surface area contributed by atoms with Gasteiger partial charge in [-0.05, 0) is 12.8 Å². The normalized spacial score (nSPS) is 24.4. The smallest absolute Gasteiger partial charge is 0.322 e. The van der Waals surface area contributed by atoms with Crippen LogP contribution in [0.5, 0.6) is 0 Å². The van der Waals surface area contributed by atoms with Crippen LogP contribution in [0.25, 0.3) is 0 Å². The van der Waals surface area contributed by atoms with Crippen LogP contribution < -0.4 is 10.6 Å². The van der Waals surface area contributed by atoms with Crippen molar-refractivity contribution in [2.75, 3.05) is 26.3 Å². The Labute approximate surface area is 115 Å². The third kappa shape index (κ3) is 2.06. The topological polar surface area (TPSA) is 97.0 Å². The van der Waals surface area contributed by atoms with E-state index in [1.54, 1.807) is 4.90 Å². The molecule has 2 saturated heterocycles. The van der Waals surface area contributed by atoms with Crippen molar-refractivity contribution < 1.29 is 23.9 Å². The first kappa shape index (κ1) is 12.8. The van der Waals surface area contributed by atoms with Gasteiger partial charge in [0.15, 0.2) is 0 Å². The minimum atomic E-state index is -0.869. The molecule has 3 aliphatic heterocycles. The number of likely N-dealkylation sites (tertiary alicyclic amines) is 1. The summed E-state index contributed by atoms with van der Waals surface area (Å²) in [5.41, 5.74) is -0.869. The number of nitrogens with one attached hydrogen (secondary N) is 2. The number of ether oxygens (including phenoxy) is 2. The molecule has 8 heteroatoms. The predicted octanol–water partition coefficient (Wildman–Crippen LogP) is -0.925. The molecule has 8 nitrogen and oxygen atoms in total. The number of carbonyl (C=O) groups excluding carboxylic acids is 3. The standard InChI is InChI=1S/C12H15N3O5/c16-9(8-7-19-5-6-20-8)15-3-1-12(2-4-15)10(17)13-11(18)14-12/h7H,1-6H2,(H2,13,14,17,18). The quantitative estimate of drug-likeness (QED) is 0.606. The number of rotatable bonds is 1. The summed E-state index contributed by atoms with van der Waals surface area (Å²) < 4.78 is 10.3. The van der Waals surface area contributed by atoms with Gasteiger partial charge in [0.1, 0.15) is 25.0 Å². The van der Waals surface area contributed by atoms with Crippen LogP contribution >= 0.6 is 0 Å². The summed E-state index contributed by atoms with van der Waals surface area (Å²) in [5, 5.41) is 4.89. The van der Waals surface area contributed by atoms with Gasteiger partial charge >= 0.3 is 6.03 Å². The first-order chi connectivity index (χ1) is 9.61. The van der Waals surface area contributed by atoms with E-state index in [9.17, 15) is 14.4 Å². The summed E-state index contributed by atoms with van der Waals surface area (Å²) in [6, 6.07) is -0.471. The molecule has 0 aromatic rings. The highest BCUT2D eigenvalue weighted by atomic mass is 16.6.